The average molecular weight is 248 g/mol. The highest BCUT2D eigenvalue weighted by Crippen LogP contribution is 2.38. The molecule has 0 radical (unpaired) electrons. The molecule has 0 bridgehead atoms. The smallest absolute Gasteiger partial charge is 0.337 e. The Morgan fingerprint density at radius 1 is 1.39 bits per heavy atom. The number of hydrogen-bond acceptors (Lipinski definition) is 3. The molecule has 0 spiro atoms. The third-order valence-electron chi connectivity index (χ3n) is 3.84. The van der Waals surface area contributed by atoms with E-state index >= 15 is 0 Å². The van der Waals surface area contributed by atoms with Crippen molar-refractivity contribution in [2.75, 3.05) is 0 Å². The molecular formula is C15H20O3. The standard InChI is InChI=1S/C15H20O3/c1-10-5-4-6-11(2)9-13-15(17,8-7-10)12(3)14(16)18-13/h5,9,13,17H,3-4,6-8H2,1-2H3/b10-5?,11-9+/t13-,15-/m1/s1. The fraction of sp³-hybridized carbons (Fsp3) is 0.533. The zero-order chi connectivity index (χ0) is 13.3. The van der Waals surface area contributed by atoms with Crippen molar-refractivity contribution in [3.8, 4) is 0 Å². The summed E-state index contributed by atoms with van der Waals surface area (Å²) in [5, 5.41) is 10.7. The molecule has 1 N–H and O–H groups in total. The molecule has 1 aliphatic heterocycles. The third kappa shape index (κ3) is 2.27. The lowest BCUT2D eigenvalue weighted by Crippen LogP contribution is -2.38. The van der Waals surface area contributed by atoms with Gasteiger partial charge in [0.2, 0.25) is 0 Å². The molecule has 0 aromatic carbocycles. The number of carbonyl (C=O) groups excluding carboxylic acids is 1. The predicted octanol–water partition coefficient (Wildman–Crippen LogP) is 2.67. The Morgan fingerprint density at radius 3 is 2.83 bits per heavy atom. The van der Waals surface area contributed by atoms with Gasteiger partial charge >= 0.3 is 5.97 Å². The van der Waals surface area contributed by atoms with Crippen LogP contribution in [0.2, 0.25) is 0 Å². The summed E-state index contributed by atoms with van der Waals surface area (Å²) in [4.78, 5) is 11.6. The molecule has 98 valence electrons. The molecule has 1 fully saturated rings. The predicted molar refractivity (Wildman–Crippen MR) is 70.0 cm³/mol. The lowest BCUT2D eigenvalue weighted by molar-refractivity contribution is -0.138. The number of esters is 1. The van der Waals surface area contributed by atoms with Crippen molar-refractivity contribution in [1.29, 1.82) is 0 Å². The van der Waals surface area contributed by atoms with Crippen molar-refractivity contribution in [3.63, 3.8) is 0 Å². The molecule has 18 heavy (non-hydrogen) atoms. The van der Waals surface area contributed by atoms with Crippen LogP contribution in [0.15, 0.2) is 35.5 Å². The van der Waals surface area contributed by atoms with Crippen LogP contribution in [0, 0.1) is 0 Å². The van der Waals surface area contributed by atoms with E-state index in [1.165, 1.54) is 5.57 Å². The minimum atomic E-state index is -1.25. The first-order chi connectivity index (χ1) is 8.43. The molecule has 1 heterocycles. The molecule has 3 nitrogen and oxygen atoms in total. The van der Waals surface area contributed by atoms with Crippen LogP contribution < -0.4 is 0 Å². The van der Waals surface area contributed by atoms with Gasteiger partial charge in [-0.15, -0.1) is 0 Å². The summed E-state index contributed by atoms with van der Waals surface area (Å²) in [6.45, 7) is 7.75. The van der Waals surface area contributed by atoms with Gasteiger partial charge in [0.05, 0.1) is 5.57 Å². The number of carbonyl (C=O) groups is 1. The third-order valence-corrected chi connectivity index (χ3v) is 3.84. The molecule has 3 heteroatoms. The van der Waals surface area contributed by atoms with Crippen molar-refractivity contribution >= 4 is 5.97 Å². The molecule has 2 rings (SSSR count). The van der Waals surface area contributed by atoms with Crippen LogP contribution >= 0.6 is 0 Å². The summed E-state index contributed by atoms with van der Waals surface area (Å²) >= 11 is 0. The van der Waals surface area contributed by atoms with E-state index in [-0.39, 0.29) is 5.57 Å². The molecule has 1 saturated heterocycles. The van der Waals surface area contributed by atoms with E-state index in [1.54, 1.807) is 0 Å². The Balaban J connectivity index is 2.36. The monoisotopic (exact) mass is 248 g/mol. The summed E-state index contributed by atoms with van der Waals surface area (Å²) in [6.07, 6.45) is 6.64. The van der Waals surface area contributed by atoms with E-state index in [0.717, 1.165) is 24.8 Å². The highest BCUT2D eigenvalue weighted by Gasteiger charge is 2.50. The minimum absolute atomic E-state index is 0.185. The average Bonchev–Trinajstić information content (AvgIpc) is 2.52. The Kier molecular flexibility index (Phi) is 3.44. The normalized spacial score (nSPS) is 36.3. The van der Waals surface area contributed by atoms with E-state index in [4.69, 9.17) is 4.74 Å². The van der Waals surface area contributed by atoms with Crippen LogP contribution in [0.25, 0.3) is 0 Å². The number of fused-ring (bicyclic) bond motifs is 1. The van der Waals surface area contributed by atoms with Crippen LogP contribution in [-0.4, -0.2) is 22.8 Å². The van der Waals surface area contributed by atoms with Crippen LogP contribution in [0.3, 0.4) is 0 Å². The van der Waals surface area contributed by atoms with Crippen molar-refractivity contribution in [3.05, 3.63) is 35.5 Å². The lowest BCUT2D eigenvalue weighted by Gasteiger charge is -2.27. The van der Waals surface area contributed by atoms with Crippen LogP contribution in [0.4, 0.5) is 0 Å². The molecule has 2 atom stereocenters. The van der Waals surface area contributed by atoms with E-state index in [9.17, 15) is 9.90 Å². The van der Waals surface area contributed by atoms with E-state index in [1.807, 2.05) is 13.0 Å². The van der Waals surface area contributed by atoms with Gasteiger partial charge in [-0.05, 0) is 45.6 Å². The fourth-order valence-electron chi connectivity index (χ4n) is 2.48. The number of ether oxygens (including phenoxy) is 1. The van der Waals surface area contributed by atoms with Gasteiger partial charge in [0.25, 0.3) is 0 Å². The molecule has 0 amide bonds. The molecule has 0 unspecified atom stereocenters. The Hall–Kier alpha value is -1.35. The first-order valence-corrected chi connectivity index (χ1v) is 6.39. The largest absolute Gasteiger partial charge is 0.451 e. The van der Waals surface area contributed by atoms with Crippen LogP contribution in [-0.2, 0) is 9.53 Å². The number of aliphatic hydroxyl groups is 1. The molecule has 0 saturated carbocycles. The zero-order valence-corrected chi connectivity index (χ0v) is 11.0. The topological polar surface area (TPSA) is 46.5 Å². The summed E-state index contributed by atoms with van der Waals surface area (Å²) in [5.41, 5.74) is 1.31. The second-order valence-electron chi connectivity index (χ2n) is 5.33. The van der Waals surface area contributed by atoms with Crippen molar-refractivity contribution in [1.82, 2.24) is 0 Å². The minimum Gasteiger partial charge on any atom is -0.451 e. The van der Waals surface area contributed by atoms with E-state index < -0.39 is 17.7 Å². The maximum Gasteiger partial charge on any atom is 0.337 e. The van der Waals surface area contributed by atoms with E-state index in [2.05, 4.69) is 19.6 Å². The molecule has 0 aromatic rings. The van der Waals surface area contributed by atoms with E-state index in [0.29, 0.717) is 6.42 Å². The summed E-state index contributed by atoms with van der Waals surface area (Å²) in [7, 11) is 0. The zero-order valence-electron chi connectivity index (χ0n) is 11.0. The van der Waals surface area contributed by atoms with Gasteiger partial charge in [0.15, 0.2) is 6.10 Å². The Labute approximate surface area is 108 Å². The maximum absolute atomic E-state index is 11.6. The second-order valence-corrected chi connectivity index (χ2v) is 5.33. The van der Waals surface area contributed by atoms with Crippen molar-refractivity contribution in [2.24, 2.45) is 0 Å². The quantitative estimate of drug-likeness (QED) is 0.407. The van der Waals surface area contributed by atoms with Crippen molar-refractivity contribution in [2.45, 2.75) is 51.2 Å². The molecule has 0 aromatic heterocycles. The number of hydrogen-bond donors (Lipinski definition) is 1. The summed E-state index contributed by atoms with van der Waals surface area (Å²) in [6, 6.07) is 0. The van der Waals surface area contributed by atoms with Crippen LogP contribution in [0.1, 0.15) is 39.5 Å². The van der Waals surface area contributed by atoms with Gasteiger partial charge in [-0.3, -0.25) is 0 Å². The maximum atomic E-state index is 11.6. The number of allylic oxidation sites excluding steroid dienone is 3. The molecule has 1 aliphatic carbocycles. The Bertz CT molecular complexity index is 445. The van der Waals surface area contributed by atoms with Gasteiger partial charge in [0.1, 0.15) is 5.60 Å². The van der Waals surface area contributed by atoms with Gasteiger partial charge < -0.3 is 9.84 Å². The first kappa shape index (κ1) is 13.1. The lowest BCUT2D eigenvalue weighted by atomic mass is 9.83. The second kappa shape index (κ2) is 4.73. The highest BCUT2D eigenvalue weighted by atomic mass is 16.6. The summed E-state index contributed by atoms with van der Waals surface area (Å²) in [5.74, 6) is -0.479. The van der Waals surface area contributed by atoms with Gasteiger partial charge in [0, 0.05) is 0 Å². The fourth-order valence-corrected chi connectivity index (χ4v) is 2.48. The highest BCUT2D eigenvalue weighted by molar-refractivity contribution is 5.93. The van der Waals surface area contributed by atoms with Gasteiger partial charge in [-0.25, -0.2) is 4.79 Å². The van der Waals surface area contributed by atoms with Gasteiger partial charge in [-0.2, -0.15) is 0 Å². The SMILES string of the molecule is C=C1C(=O)O[C@@H]2/C=C(\C)CCC=C(C)CC[C@@]12O. The molecule has 2 aliphatic rings. The van der Waals surface area contributed by atoms with Gasteiger partial charge in [-0.1, -0.05) is 23.8 Å². The van der Waals surface area contributed by atoms with Crippen molar-refractivity contribution < 1.29 is 14.6 Å². The first-order valence-electron chi connectivity index (χ1n) is 6.39. The summed E-state index contributed by atoms with van der Waals surface area (Å²) < 4.78 is 5.23. The number of rotatable bonds is 0. The Morgan fingerprint density at radius 2 is 2.11 bits per heavy atom. The molecular weight excluding hydrogens is 228 g/mol. The van der Waals surface area contributed by atoms with Crippen LogP contribution in [0.5, 0.6) is 0 Å².